The lowest BCUT2D eigenvalue weighted by Crippen LogP contribution is -2.27. The molecule has 0 saturated heterocycles. The molecule has 1 amide bonds. The van der Waals surface area contributed by atoms with Crippen molar-refractivity contribution in [1.82, 2.24) is 0 Å². The van der Waals surface area contributed by atoms with Gasteiger partial charge in [-0.1, -0.05) is 47.5 Å². The molecule has 1 heterocycles. The second-order valence-corrected chi connectivity index (χ2v) is 6.51. The Morgan fingerprint density at radius 2 is 1.81 bits per heavy atom. The Hall–Kier alpha value is -2.81. The van der Waals surface area contributed by atoms with Crippen molar-refractivity contribution in [3.63, 3.8) is 0 Å². The standard InChI is InChI=1S/C20H14Cl2N2O3/c1-2-27-20(26)13(10-23)18-12-6-3-4-9-17(12)24(19(18)25)11-14-15(21)7-5-8-16(14)22/h3-9H,2,11H2,1H3. The Balaban J connectivity index is 2.13. The number of nitriles is 1. The van der Waals surface area contributed by atoms with Crippen molar-refractivity contribution in [3.8, 4) is 6.07 Å². The fraction of sp³-hybridized carbons (Fsp3) is 0.150. The largest absolute Gasteiger partial charge is 0.462 e. The number of rotatable bonds is 4. The third-order valence-corrected chi connectivity index (χ3v) is 4.85. The van der Waals surface area contributed by atoms with Gasteiger partial charge in [0.05, 0.1) is 24.4 Å². The molecule has 27 heavy (non-hydrogen) atoms. The SMILES string of the molecule is CCOC(=O)C(C#N)=C1C(=O)N(Cc2c(Cl)cccc2Cl)c2ccccc21. The quantitative estimate of drug-likeness (QED) is 0.433. The first-order valence-corrected chi connectivity index (χ1v) is 8.90. The Labute approximate surface area is 166 Å². The smallest absolute Gasteiger partial charge is 0.349 e. The van der Waals surface area contributed by atoms with E-state index in [2.05, 4.69) is 0 Å². The molecule has 7 heteroatoms. The average Bonchev–Trinajstić information content (AvgIpc) is 2.92. The van der Waals surface area contributed by atoms with Crippen molar-refractivity contribution in [2.24, 2.45) is 0 Å². The van der Waals surface area contributed by atoms with Crippen LogP contribution in [0.1, 0.15) is 18.1 Å². The van der Waals surface area contributed by atoms with Crippen LogP contribution in [0.2, 0.25) is 10.0 Å². The van der Waals surface area contributed by atoms with E-state index in [1.807, 2.05) is 6.07 Å². The molecule has 0 radical (unpaired) electrons. The molecule has 136 valence electrons. The maximum absolute atomic E-state index is 13.1. The van der Waals surface area contributed by atoms with Gasteiger partial charge in [0.1, 0.15) is 6.07 Å². The van der Waals surface area contributed by atoms with E-state index in [0.717, 1.165) is 0 Å². The predicted molar refractivity (Wildman–Crippen MR) is 103 cm³/mol. The highest BCUT2D eigenvalue weighted by molar-refractivity contribution is 6.38. The van der Waals surface area contributed by atoms with E-state index < -0.39 is 11.9 Å². The first-order valence-electron chi connectivity index (χ1n) is 8.15. The van der Waals surface area contributed by atoms with Gasteiger partial charge in [0.2, 0.25) is 0 Å². The van der Waals surface area contributed by atoms with Crippen LogP contribution in [0.15, 0.2) is 48.0 Å². The Kier molecular flexibility index (Phi) is 5.50. The number of fused-ring (bicyclic) bond motifs is 1. The van der Waals surface area contributed by atoms with Crippen LogP contribution in [0.5, 0.6) is 0 Å². The summed E-state index contributed by atoms with van der Waals surface area (Å²) >= 11 is 12.5. The van der Waals surface area contributed by atoms with E-state index in [9.17, 15) is 14.9 Å². The molecule has 0 N–H and O–H groups in total. The summed E-state index contributed by atoms with van der Waals surface area (Å²) in [7, 11) is 0. The number of hydrogen-bond donors (Lipinski definition) is 0. The minimum absolute atomic E-state index is 0.0229. The molecule has 0 bridgehead atoms. The molecule has 0 saturated carbocycles. The molecular formula is C20H14Cl2N2O3. The Morgan fingerprint density at radius 1 is 1.15 bits per heavy atom. The minimum atomic E-state index is -0.823. The second kappa shape index (κ2) is 7.83. The summed E-state index contributed by atoms with van der Waals surface area (Å²) in [6, 6.07) is 13.8. The molecule has 5 nitrogen and oxygen atoms in total. The fourth-order valence-electron chi connectivity index (χ4n) is 2.93. The third-order valence-electron chi connectivity index (χ3n) is 4.14. The highest BCUT2D eigenvalue weighted by Crippen LogP contribution is 2.40. The maximum Gasteiger partial charge on any atom is 0.349 e. The van der Waals surface area contributed by atoms with Gasteiger partial charge in [-0.2, -0.15) is 5.26 Å². The third kappa shape index (κ3) is 3.42. The topological polar surface area (TPSA) is 70.4 Å². The van der Waals surface area contributed by atoms with Gasteiger partial charge in [-0.25, -0.2) is 4.79 Å². The monoisotopic (exact) mass is 400 g/mol. The number of anilines is 1. The van der Waals surface area contributed by atoms with Crippen LogP contribution < -0.4 is 4.90 Å². The van der Waals surface area contributed by atoms with Crippen molar-refractivity contribution >= 4 is 46.3 Å². The first kappa shape index (κ1) is 19.0. The normalized spacial score (nSPS) is 14.6. The second-order valence-electron chi connectivity index (χ2n) is 5.69. The van der Waals surface area contributed by atoms with E-state index >= 15 is 0 Å². The van der Waals surface area contributed by atoms with Gasteiger partial charge in [-0.15, -0.1) is 0 Å². The molecule has 2 aromatic rings. The molecule has 0 aromatic heterocycles. The number of benzene rings is 2. The highest BCUT2D eigenvalue weighted by Gasteiger charge is 2.37. The number of carbonyl (C=O) groups excluding carboxylic acids is 2. The van der Waals surface area contributed by atoms with E-state index in [-0.39, 0.29) is 24.3 Å². The summed E-state index contributed by atoms with van der Waals surface area (Å²) in [6.07, 6.45) is 0. The number of para-hydroxylation sites is 1. The summed E-state index contributed by atoms with van der Waals surface area (Å²) in [4.78, 5) is 26.7. The van der Waals surface area contributed by atoms with Crippen molar-refractivity contribution < 1.29 is 14.3 Å². The van der Waals surface area contributed by atoms with Crippen LogP contribution in [-0.2, 0) is 20.9 Å². The van der Waals surface area contributed by atoms with Crippen LogP contribution in [0.4, 0.5) is 5.69 Å². The number of nitrogens with zero attached hydrogens (tertiary/aromatic N) is 2. The Morgan fingerprint density at radius 3 is 2.44 bits per heavy atom. The van der Waals surface area contributed by atoms with Crippen LogP contribution in [0.3, 0.4) is 0 Å². The van der Waals surface area contributed by atoms with Crippen molar-refractivity contribution in [3.05, 3.63) is 69.2 Å². The molecule has 3 rings (SSSR count). The lowest BCUT2D eigenvalue weighted by molar-refractivity contribution is -0.138. The highest BCUT2D eigenvalue weighted by atomic mass is 35.5. The zero-order chi connectivity index (χ0) is 19.6. The minimum Gasteiger partial charge on any atom is -0.462 e. The van der Waals surface area contributed by atoms with E-state index in [1.54, 1.807) is 49.4 Å². The van der Waals surface area contributed by atoms with Crippen LogP contribution in [-0.4, -0.2) is 18.5 Å². The summed E-state index contributed by atoms with van der Waals surface area (Å²) in [5.74, 6) is -1.30. The van der Waals surface area contributed by atoms with Gasteiger partial charge >= 0.3 is 5.97 Å². The van der Waals surface area contributed by atoms with Crippen LogP contribution in [0, 0.1) is 11.3 Å². The predicted octanol–water partition coefficient (Wildman–Crippen LogP) is 4.38. The lowest BCUT2D eigenvalue weighted by Gasteiger charge is -2.19. The zero-order valence-corrected chi connectivity index (χ0v) is 15.8. The van der Waals surface area contributed by atoms with Crippen LogP contribution >= 0.6 is 23.2 Å². The van der Waals surface area contributed by atoms with Gasteiger partial charge < -0.3 is 9.64 Å². The van der Waals surface area contributed by atoms with E-state index in [0.29, 0.717) is 26.9 Å². The number of hydrogen-bond acceptors (Lipinski definition) is 4. The van der Waals surface area contributed by atoms with E-state index in [4.69, 9.17) is 27.9 Å². The zero-order valence-electron chi connectivity index (χ0n) is 14.3. The average molecular weight is 401 g/mol. The summed E-state index contributed by atoms with van der Waals surface area (Å²) in [5.41, 5.74) is 1.36. The first-order chi connectivity index (χ1) is 13.0. The van der Waals surface area contributed by atoms with Crippen molar-refractivity contribution in [2.75, 3.05) is 11.5 Å². The summed E-state index contributed by atoms with van der Waals surface area (Å²) in [6.45, 7) is 1.85. The van der Waals surface area contributed by atoms with Gasteiger partial charge in [0.15, 0.2) is 5.57 Å². The number of halogens is 2. The van der Waals surface area contributed by atoms with Gasteiger partial charge in [-0.05, 0) is 25.1 Å². The lowest BCUT2D eigenvalue weighted by atomic mass is 10.0. The van der Waals surface area contributed by atoms with Crippen molar-refractivity contribution in [2.45, 2.75) is 13.5 Å². The number of carbonyl (C=O) groups is 2. The Bertz CT molecular complexity index is 988. The summed E-state index contributed by atoms with van der Waals surface area (Å²) < 4.78 is 4.93. The molecular weight excluding hydrogens is 387 g/mol. The van der Waals surface area contributed by atoms with Crippen molar-refractivity contribution in [1.29, 1.82) is 5.26 Å². The summed E-state index contributed by atoms with van der Waals surface area (Å²) in [5, 5.41) is 10.3. The molecule has 0 unspecified atom stereocenters. The molecule has 2 aromatic carbocycles. The molecule has 1 aliphatic heterocycles. The fourth-order valence-corrected chi connectivity index (χ4v) is 3.44. The number of ether oxygens (including phenoxy) is 1. The van der Waals surface area contributed by atoms with E-state index in [1.165, 1.54) is 4.90 Å². The molecule has 0 atom stereocenters. The molecule has 1 aliphatic rings. The molecule has 0 fully saturated rings. The number of esters is 1. The molecule has 0 aliphatic carbocycles. The van der Waals surface area contributed by atoms with Gasteiger partial charge in [-0.3, -0.25) is 4.79 Å². The maximum atomic E-state index is 13.1. The van der Waals surface area contributed by atoms with Crippen LogP contribution in [0.25, 0.3) is 5.57 Å². The van der Waals surface area contributed by atoms with Gasteiger partial charge in [0.25, 0.3) is 5.91 Å². The number of amides is 1. The molecule has 0 spiro atoms. The van der Waals surface area contributed by atoms with Gasteiger partial charge in [0, 0.05) is 21.2 Å².